The molecule has 4 aliphatic rings. The van der Waals surface area contributed by atoms with Crippen LogP contribution in [0.4, 0.5) is 4.79 Å². The normalized spacial score (nSPS) is 37.0. The molecule has 0 bridgehead atoms. The van der Waals surface area contributed by atoms with Crippen molar-refractivity contribution in [3.63, 3.8) is 0 Å². The minimum Gasteiger partial charge on any atom is -0.430 e. The average Bonchev–Trinajstić information content (AvgIpc) is 3.21. The van der Waals surface area contributed by atoms with Crippen LogP contribution in [-0.2, 0) is 4.74 Å². The molecule has 0 radical (unpaired) electrons. The van der Waals surface area contributed by atoms with Crippen molar-refractivity contribution in [1.82, 2.24) is 0 Å². The van der Waals surface area contributed by atoms with E-state index in [9.17, 15) is 4.79 Å². The Kier molecular flexibility index (Phi) is 8.05. The van der Waals surface area contributed by atoms with Crippen molar-refractivity contribution < 1.29 is 14.3 Å². The highest BCUT2D eigenvalue weighted by Crippen LogP contribution is 2.67. The molecule has 0 aliphatic heterocycles. The zero-order valence-corrected chi connectivity index (χ0v) is 24.9. The van der Waals surface area contributed by atoms with E-state index in [0.29, 0.717) is 11.2 Å². The van der Waals surface area contributed by atoms with Crippen molar-refractivity contribution in [1.29, 1.82) is 0 Å². The fourth-order valence-corrected chi connectivity index (χ4v) is 9.69. The maximum atomic E-state index is 12.5. The van der Waals surface area contributed by atoms with Gasteiger partial charge in [0.15, 0.2) is 0 Å². The zero-order chi connectivity index (χ0) is 27.1. The third-order valence-corrected chi connectivity index (χ3v) is 11.7. The maximum absolute atomic E-state index is 12.5. The van der Waals surface area contributed by atoms with Gasteiger partial charge in [0, 0.05) is 6.42 Å². The summed E-state index contributed by atoms with van der Waals surface area (Å²) in [6.45, 7) is 14.5. The first-order valence-corrected chi connectivity index (χ1v) is 15.7. The number of aryl methyl sites for hydroxylation is 1. The van der Waals surface area contributed by atoms with Gasteiger partial charge in [-0.15, -0.1) is 0 Å². The minimum absolute atomic E-state index is 0.0698. The molecule has 0 unspecified atom stereocenters. The van der Waals surface area contributed by atoms with E-state index in [1.54, 1.807) is 5.57 Å². The molecule has 0 aromatic heterocycles. The molecule has 3 heteroatoms. The highest BCUT2D eigenvalue weighted by Gasteiger charge is 2.59. The van der Waals surface area contributed by atoms with Gasteiger partial charge in [-0.2, -0.15) is 0 Å². The number of carbonyl (C=O) groups is 1. The van der Waals surface area contributed by atoms with Crippen molar-refractivity contribution in [3.05, 3.63) is 41.5 Å². The monoisotopic (exact) mass is 520 g/mol. The first kappa shape index (κ1) is 27.8. The van der Waals surface area contributed by atoms with Gasteiger partial charge in [-0.3, -0.25) is 0 Å². The fourth-order valence-electron chi connectivity index (χ4n) is 9.69. The van der Waals surface area contributed by atoms with E-state index in [0.717, 1.165) is 60.3 Å². The molecular weight excluding hydrogens is 468 g/mol. The Hall–Kier alpha value is -1.77. The quantitative estimate of drug-likeness (QED) is 0.204. The molecule has 210 valence electrons. The standard InChI is InChI=1S/C35H52O3/c1-23(2)9-7-11-25(4)30-15-16-31-29-14-13-26-22-28(38-33(36)37-27-12-8-10-24(3)21-27)17-19-34(26,5)32(29)18-20-35(30,31)6/h8,10,12-13,21,23,25,28-32H,7,9,11,14-20,22H2,1-6H3/t25-,28+,29-,30+,31-,32-,34-,35+/m0/s1. The number of rotatable bonds is 7. The van der Waals surface area contributed by atoms with Crippen molar-refractivity contribution >= 4 is 6.16 Å². The highest BCUT2D eigenvalue weighted by molar-refractivity contribution is 5.64. The summed E-state index contributed by atoms with van der Waals surface area (Å²) in [5.74, 6) is 5.65. The smallest absolute Gasteiger partial charge is 0.430 e. The van der Waals surface area contributed by atoms with Crippen LogP contribution in [0.2, 0.25) is 0 Å². The Balaban J connectivity index is 1.22. The third kappa shape index (κ3) is 5.33. The highest BCUT2D eigenvalue weighted by atomic mass is 16.7. The lowest BCUT2D eigenvalue weighted by Crippen LogP contribution is -2.51. The van der Waals surface area contributed by atoms with E-state index >= 15 is 0 Å². The fraction of sp³-hybridized carbons (Fsp3) is 0.743. The van der Waals surface area contributed by atoms with Crippen LogP contribution >= 0.6 is 0 Å². The second-order valence-electron chi connectivity index (χ2n) is 14.4. The summed E-state index contributed by atoms with van der Waals surface area (Å²) in [4.78, 5) is 12.5. The Bertz CT molecular complexity index is 1030. The number of allylic oxidation sites excluding steroid dienone is 1. The molecular formula is C35H52O3. The maximum Gasteiger partial charge on any atom is 0.514 e. The molecule has 38 heavy (non-hydrogen) atoms. The molecule has 1 aromatic carbocycles. The molecule has 0 N–H and O–H groups in total. The summed E-state index contributed by atoms with van der Waals surface area (Å²) in [5, 5.41) is 0. The number of hydrogen-bond donors (Lipinski definition) is 0. The van der Waals surface area contributed by atoms with Gasteiger partial charge in [0.05, 0.1) is 0 Å². The summed E-state index contributed by atoms with van der Waals surface area (Å²) in [6, 6.07) is 7.59. The van der Waals surface area contributed by atoms with Gasteiger partial charge in [0.25, 0.3) is 0 Å². The molecule has 8 atom stereocenters. The van der Waals surface area contributed by atoms with Crippen LogP contribution in [0.3, 0.4) is 0 Å². The van der Waals surface area contributed by atoms with Crippen molar-refractivity contribution in [3.8, 4) is 5.75 Å². The average molecular weight is 521 g/mol. The van der Waals surface area contributed by atoms with E-state index in [-0.39, 0.29) is 11.5 Å². The van der Waals surface area contributed by atoms with Crippen LogP contribution in [0.25, 0.3) is 0 Å². The van der Waals surface area contributed by atoms with Crippen molar-refractivity contribution in [2.45, 2.75) is 118 Å². The van der Waals surface area contributed by atoms with Gasteiger partial charge < -0.3 is 9.47 Å². The van der Waals surface area contributed by atoms with Gasteiger partial charge in [-0.1, -0.05) is 77.7 Å². The van der Waals surface area contributed by atoms with Crippen molar-refractivity contribution in [2.24, 2.45) is 46.3 Å². The van der Waals surface area contributed by atoms with E-state index in [1.165, 1.54) is 51.4 Å². The molecule has 0 spiro atoms. The zero-order valence-electron chi connectivity index (χ0n) is 24.9. The van der Waals surface area contributed by atoms with Crippen LogP contribution in [0.1, 0.15) is 111 Å². The SMILES string of the molecule is Cc1cccc(OC(=O)O[C@@H]2CC[C@@]3(C)C(=CC[C@H]4[C@@H]5CC[C@H]([C@@H](C)CCCC(C)C)[C@@]5(C)CC[C@@H]43)C2)c1. The summed E-state index contributed by atoms with van der Waals surface area (Å²) >= 11 is 0. The number of fused-ring (bicyclic) bond motifs is 5. The molecule has 5 rings (SSSR count). The Morgan fingerprint density at radius 1 is 1.03 bits per heavy atom. The lowest BCUT2D eigenvalue weighted by molar-refractivity contribution is -0.0597. The predicted molar refractivity (Wildman–Crippen MR) is 155 cm³/mol. The molecule has 0 amide bonds. The van der Waals surface area contributed by atoms with Gasteiger partial charge in [-0.05, 0) is 116 Å². The van der Waals surface area contributed by atoms with Gasteiger partial charge in [0.1, 0.15) is 11.9 Å². The summed E-state index contributed by atoms with van der Waals surface area (Å²) in [6.07, 6.45) is 16.0. The van der Waals surface area contributed by atoms with E-state index in [4.69, 9.17) is 9.47 Å². The van der Waals surface area contributed by atoms with Gasteiger partial charge >= 0.3 is 6.16 Å². The number of hydrogen-bond acceptors (Lipinski definition) is 3. The summed E-state index contributed by atoms with van der Waals surface area (Å²) in [7, 11) is 0. The Morgan fingerprint density at radius 2 is 1.84 bits per heavy atom. The molecule has 0 heterocycles. The van der Waals surface area contributed by atoms with Gasteiger partial charge in [0.2, 0.25) is 0 Å². The first-order valence-electron chi connectivity index (χ1n) is 15.7. The lowest BCUT2D eigenvalue weighted by atomic mass is 9.47. The van der Waals surface area contributed by atoms with Crippen LogP contribution in [0.5, 0.6) is 5.75 Å². The number of ether oxygens (including phenoxy) is 2. The van der Waals surface area contributed by atoms with Crippen LogP contribution in [0.15, 0.2) is 35.9 Å². The number of carbonyl (C=O) groups excluding carboxylic acids is 1. The second kappa shape index (κ2) is 11.0. The second-order valence-corrected chi connectivity index (χ2v) is 14.4. The summed E-state index contributed by atoms with van der Waals surface area (Å²) in [5.41, 5.74) is 3.42. The molecule has 1 aromatic rings. The van der Waals surface area contributed by atoms with Crippen LogP contribution in [-0.4, -0.2) is 12.3 Å². The topological polar surface area (TPSA) is 35.5 Å². The minimum atomic E-state index is -0.563. The first-order chi connectivity index (χ1) is 18.1. The Morgan fingerprint density at radius 3 is 2.61 bits per heavy atom. The molecule has 0 saturated heterocycles. The Labute approximate surface area is 232 Å². The van der Waals surface area contributed by atoms with E-state index < -0.39 is 6.16 Å². The number of benzene rings is 1. The molecule has 3 nitrogen and oxygen atoms in total. The molecule has 3 saturated carbocycles. The van der Waals surface area contributed by atoms with Gasteiger partial charge in [-0.25, -0.2) is 4.79 Å². The van der Waals surface area contributed by atoms with Crippen LogP contribution in [0, 0.1) is 53.3 Å². The van der Waals surface area contributed by atoms with Crippen molar-refractivity contribution in [2.75, 3.05) is 0 Å². The van der Waals surface area contributed by atoms with Crippen LogP contribution < -0.4 is 4.74 Å². The van der Waals surface area contributed by atoms with E-state index in [1.807, 2.05) is 31.2 Å². The molecule has 4 aliphatic carbocycles. The third-order valence-electron chi connectivity index (χ3n) is 11.7. The van der Waals surface area contributed by atoms with E-state index in [2.05, 4.69) is 40.7 Å². The predicted octanol–water partition coefficient (Wildman–Crippen LogP) is 9.92. The summed E-state index contributed by atoms with van der Waals surface area (Å²) < 4.78 is 11.3. The lowest BCUT2D eigenvalue weighted by Gasteiger charge is -2.58. The molecule has 3 fully saturated rings. The largest absolute Gasteiger partial charge is 0.514 e.